The second-order valence-electron chi connectivity index (χ2n) is 7.68. The Morgan fingerprint density at radius 1 is 0.967 bits per heavy atom. The number of piperidine rings is 1. The fraction of sp³-hybridized carbons (Fsp3) is 0.348. The van der Waals surface area contributed by atoms with E-state index < -0.39 is 23.6 Å². The molecule has 2 aromatic rings. The van der Waals surface area contributed by atoms with Crippen LogP contribution >= 0.6 is 0 Å². The van der Waals surface area contributed by atoms with Gasteiger partial charge in [-0.05, 0) is 17.7 Å². The van der Waals surface area contributed by atoms with Gasteiger partial charge in [-0.15, -0.1) is 0 Å². The molecule has 0 aromatic heterocycles. The van der Waals surface area contributed by atoms with Gasteiger partial charge < -0.3 is 19.5 Å². The first-order valence-corrected chi connectivity index (χ1v) is 10.1. The Morgan fingerprint density at radius 2 is 1.57 bits per heavy atom. The number of carboxylic acids is 1. The van der Waals surface area contributed by atoms with Gasteiger partial charge in [0.1, 0.15) is 5.72 Å². The van der Waals surface area contributed by atoms with E-state index >= 15 is 0 Å². The van der Waals surface area contributed by atoms with E-state index in [1.54, 1.807) is 35.2 Å². The van der Waals surface area contributed by atoms with Crippen molar-refractivity contribution < 1.29 is 24.2 Å². The van der Waals surface area contributed by atoms with Crippen LogP contribution in [0.5, 0.6) is 0 Å². The van der Waals surface area contributed by atoms with Crippen molar-refractivity contribution in [2.24, 2.45) is 0 Å². The molecule has 4 rings (SSSR count). The van der Waals surface area contributed by atoms with E-state index in [1.807, 2.05) is 30.3 Å². The van der Waals surface area contributed by atoms with Crippen LogP contribution in [0.3, 0.4) is 0 Å². The summed E-state index contributed by atoms with van der Waals surface area (Å²) >= 11 is 0. The Morgan fingerprint density at radius 3 is 2.17 bits per heavy atom. The van der Waals surface area contributed by atoms with E-state index in [0.717, 1.165) is 5.56 Å². The number of hydrogen-bond donors (Lipinski definition) is 0. The molecule has 0 radical (unpaired) electrons. The van der Waals surface area contributed by atoms with E-state index in [0.29, 0.717) is 37.9 Å². The molecule has 7 heteroatoms. The maximum Gasteiger partial charge on any atom is 0.256 e. The number of ether oxygens (including phenoxy) is 1. The SMILES string of the molecule is O=C([O-])[C@H]1COC2(CCN(C(=O)Cc3ccccc3)CC2)N1C(=O)c1ccccc1. The van der Waals surface area contributed by atoms with Crippen LogP contribution in [0.25, 0.3) is 0 Å². The molecule has 0 aliphatic carbocycles. The fourth-order valence-electron chi connectivity index (χ4n) is 4.26. The highest BCUT2D eigenvalue weighted by molar-refractivity contribution is 5.97. The predicted octanol–water partition coefficient (Wildman–Crippen LogP) is 0.839. The summed E-state index contributed by atoms with van der Waals surface area (Å²) < 4.78 is 5.90. The number of nitrogens with zero attached hydrogens (tertiary/aromatic N) is 2. The summed E-state index contributed by atoms with van der Waals surface area (Å²) in [5.74, 6) is -1.73. The van der Waals surface area contributed by atoms with Gasteiger partial charge in [-0.3, -0.25) is 14.5 Å². The highest BCUT2D eigenvalue weighted by Crippen LogP contribution is 2.38. The molecule has 7 nitrogen and oxygen atoms in total. The van der Waals surface area contributed by atoms with E-state index in [2.05, 4.69) is 0 Å². The summed E-state index contributed by atoms with van der Waals surface area (Å²) in [6, 6.07) is 16.9. The Kier molecular flexibility index (Phi) is 5.55. The van der Waals surface area contributed by atoms with Crippen molar-refractivity contribution in [1.29, 1.82) is 0 Å². The summed E-state index contributed by atoms with van der Waals surface area (Å²) in [5, 5.41) is 11.7. The normalized spacial score (nSPS) is 20.3. The van der Waals surface area contributed by atoms with E-state index in [4.69, 9.17) is 4.74 Å². The minimum atomic E-state index is -1.33. The average Bonchev–Trinajstić information content (AvgIpc) is 3.14. The molecule has 2 heterocycles. The topological polar surface area (TPSA) is 90.0 Å². The average molecular weight is 407 g/mol. The zero-order chi connectivity index (χ0) is 21.1. The van der Waals surface area contributed by atoms with Crippen molar-refractivity contribution in [3.8, 4) is 0 Å². The van der Waals surface area contributed by atoms with Crippen LogP contribution in [0.2, 0.25) is 0 Å². The van der Waals surface area contributed by atoms with Crippen LogP contribution in [0.4, 0.5) is 0 Å². The lowest BCUT2D eigenvalue weighted by molar-refractivity contribution is -0.310. The molecule has 2 aliphatic rings. The molecular weight excluding hydrogens is 384 g/mol. The van der Waals surface area contributed by atoms with Crippen molar-refractivity contribution >= 4 is 17.8 Å². The Labute approximate surface area is 174 Å². The van der Waals surface area contributed by atoms with Crippen molar-refractivity contribution in [2.45, 2.75) is 31.0 Å². The Hall–Kier alpha value is -3.19. The molecule has 156 valence electrons. The van der Waals surface area contributed by atoms with Crippen LogP contribution in [0.15, 0.2) is 60.7 Å². The van der Waals surface area contributed by atoms with Crippen LogP contribution in [-0.4, -0.2) is 59.0 Å². The molecule has 2 aliphatic heterocycles. The van der Waals surface area contributed by atoms with Crippen molar-refractivity contribution in [2.75, 3.05) is 19.7 Å². The van der Waals surface area contributed by atoms with Crippen LogP contribution < -0.4 is 5.11 Å². The summed E-state index contributed by atoms with van der Waals surface area (Å²) in [6.07, 6.45) is 1.02. The molecule has 0 N–H and O–H groups in total. The summed E-state index contributed by atoms with van der Waals surface area (Å²) in [6.45, 7) is 0.673. The molecule has 0 saturated carbocycles. The van der Waals surface area contributed by atoms with Gasteiger partial charge in [0.05, 0.1) is 25.0 Å². The van der Waals surface area contributed by atoms with Gasteiger partial charge in [0.25, 0.3) is 5.91 Å². The first-order valence-electron chi connectivity index (χ1n) is 10.1. The highest BCUT2D eigenvalue weighted by atomic mass is 16.5. The Bertz CT molecular complexity index is 923. The second kappa shape index (κ2) is 8.28. The largest absolute Gasteiger partial charge is 0.548 e. The maximum absolute atomic E-state index is 13.2. The summed E-state index contributed by atoms with van der Waals surface area (Å²) in [5.41, 5.74) is 0.301. The smallest absolute Gasteiger partial charge is 0.256 e. The molecule has 30 heavy (non-hydrogen) atoms. The second-order valence-corrected chi connectivity index (χ2v) is 7.68. The van der Waals surface area contributed by atoms with Crippen molar-refractivity contribution in [3.63, 3.8) is 0 Å². The third kappa shape index (κ3) is 3.80. The molecule has 1 atom stereocenters. The van der Waals surface area contributed by atoms with E-state index in [9.17, 15) is 19.5 Å². The first-order chi connectivity index (χ1) is 14.5. The monoisotopic (exact) mass is 407 g/mol. The summed E-state index contributed by atoms with van der Waals surface area (Å²) in [4.78, 5) is 40.6. The van der Waals surface area contributed by atoms with Crippen LogP contribution in [0.1, 0.15) is 28.8 Å². The fourth-order valence-corrected chi connectivity index (χ4v) is 4.26. The number of amides is 2. The van der Waals surface area contributed by atoms with Gasteiger partial charge in [-0.1, -0.05) is 48.5 Å². The molecule has 2 aromatic carbocycles. The third-order valence-electron chi connectivity index (χ3n) is 5.87. The molecular formula is C23H23N2O5-. The van der Waals surface area contributed by atoms with Crippen molar-refractivity contribution in [3.05, 3.63) is 71.8 Å². The number of hydrogen-bond acceptors (Lipinski definition) is 5. The van der Waals surface area contributed by atoms with Gasteiger partial charge in [0.15, 0.2) is 0 Å². The molecule has 1 spiro atoms. The quantitative estimate of drug-likeness (QED) is 0.749. The number of likely N-dealkylation sites (tertiary alicyclic amines) is 1. The standard InChI is InChI=1S/C23H24N2O5/c26-20(15-17-7-3-1-4-8-17)24-13-11-23(12-14-24)25(19(16-30-23)22(28)29)21(27)18-9-5-2-6-10-18/h1-10,19H,11-16H2,(H,28,29)/p-1/t19-/m1/s1. The molecule has 2 saturated heterocycles. The number of rotatable bonds is 4. The zero-order valence-corrected chi connectivity index (χ0v) is 16.5. The Balaban J connectivity index is 1.50. The number of carbonyl (C=O) groups excluding carboxylic acids is 3. The molecule has 2 fully saturated rings. The van der Waals surface area contributed by atoms with Crippen LogP contribution in [-0.2, 0) is 20.7 Å². The summed E-state index contributed by atoms with van der Waals surface area (Å²) in [7, 11) is 0. The minimum absolute atomic E-state index is 0.00596. The van der Waals surface area contributed by atoms with Gasteiger partial charge in [-0.25, -0.2) is 0 Å². The van der Waals surface area contributed by atoms with E-state index in [-0.39, 0.29) is 12.5 Å². The first kappa shape index (κ1) is 20.1. The van der Waals surface area contributed by atoms with Gasteiger partial charge in [-0.2, -0.15) is 0 Å². The van der Waals surface area contributed by atoms with Crippen LogP contribution in [0, 0.1) is 0 Å². The lowest BCUT2D eigenvalue weighted by Crippen LogP contribution is -2.60. The third-order valence-corrected chi connectivity index (χ3v) is 5.87. The molecule has 2 amide bonds. The molecule has 0 unspecified atom stereocenters. The highest BCUT2D eigenvalue weighted by Gasteiger charge is 2.52. The maximum atomic E-state index is 13.2. The minimum Gasteiger partial charge on any atom is -0.548 e. The van der Waals surface area contributed by atoms with Crippen molar-refractivity contribution in [1.82, 2.24) is 9.80 Å². The number of aliphatic carboxylic acids is 1. The van der Waals surface area contributed by atoms with Gasteiger partial charge >= 0.3 is 0 Å². The number of carboxylic acid groups (broad SMARTS) is 1. The van der Waals surface area contributed by atoms with E-state index in [1.165, 1.54) is 4.90 Å². The number of benzene rings is 2. The lowest BCUT2D eigenvalue weighted by Gasteiger charge is -2.45. The molecule has 0 bridgehead atoms. The number of carbonyl (C=O) groups is 3. The van der Waals surface area contributed by atoms with Gasteiger partial charge in [0.2, 0.25) is 5.91 Å². The predicted molar refractivity (Wildman–Crippen MR) is 106 cm³/mol. The lowest BCUT2D eigenvalue weighted by atomic mass is 9.96. The zero-order valence-electron chi connectivity index (χ0n) is 16.5. The van der Waals surface area contributed by atoms with Gasteiger partial charge in [0, 0.05) is 31.5 Å².